The first-order valence-electron chi connectivity index (χ1n) is 11.0. The van der Waals surface area contributed by atoms with E-state index in [1.165, 1.54) is 18.9 Å². The number of aliphatic hydroxyl groups excluding tert-OH is 1. The van der Waals surface area contributed by atoms with E-state index < -0.39 is 23.7 Å². The molecule has 36 heavy (non-hydrogen) atoms. The summed E-state index contributed by atoms with van der Waals surface area (Å²) in [5.41, 5.74) is 2.30. The third-order valence-corrected chi connectivity index (χ3v) is 5.84. The fourth-order valence-corrected chi connectivity index (χ4v) is 4.18. The zero-order chi connectivity index (χ0) is 26.0. The number of nitriles is 1. The number of nitrogens with zero attached hydrogens (tertiary/aromatic N) is 2. The summed E-state index contributed by atoms with van der Waals surface area (Å²) in [4.78, 5) is 39.1. The molecule has 0 saturated carbocycles. The molecule has 0 bridgehead atoms. The largest absolute Gasteiger partial charge is 0.507 e. The first-order chi connectivity index (χ1) is 17.2. The van der Waals surface area contributed by atoms with Crippen molar-refractivity contribution in [1.82, 2.24) is 0 Å². The number of ether oxygens (including phenoxy) is 2. The quantitative estimate of drug-likeness (QED) is 0.188. The molecule has 3 aromatic rings. The Kier molecular flexibility index (Phi) is 6.57. The van der Waals surface area contributed by atoms with Gasteiger partial charge in [-0.1, -0.05) is 12.1 Å². The maximum atomic E-state index is 13.3. The van der Waals surface area contributed by atoms with Gasteiger partial charge in [0.15, 0.2) is 0 Å². The van der Waals surface area contributed by atoms with E-state index >= 15 is 0 Å². The SMILES string of the molecule is COc1ccc(/C(O)=C2/C(=O)C(=O)N(c3ccc(C#N)cc3)C2c2ccc(OC(C)=O)cc2)cc1C. The molecule has 4 rings (SSSR count). The van der Waals surface area contributed by atoms with Gasteiger partial charge in [-0.15, -0.1) is 0 Å². The van der Waals surface area contributed by atoms with Crippen LogP contribution in [0.3, 0.4) is 0 Å². The number of carbonyl (C=O) groups excluding carboxylic acids is 3. The first-order valence-corrected chi connectivity index (χ1v) is 11.0. The van der Waals surface area contributed by atoms with Gasteiger partial charge in [0.05, 0.1) is 30.4 Å². The van der Waals surface area contributed by atoms with Crippen LogP contribution in [0.25, 0.3) is 5.76 Å². The summed E-state index contributed by atoms with van der Waals surface area (Å²) in [6, 6.07) is 18.6. The number of esters is 1. The van der Waals surface area contributed by atoms with Gasteiger partial charge in [-0.2, -0.15) is 5.26 Å². The number of aliphatic hydroxyl groups is 1. The highest BCUT2D eigenvalue weighted by atomic mass is 16.5. The monoisotopic (exact) mass is 482 g/mol. The highest BCUT2D eigenvalue weighted by molar-refractivity contribution is 6.51. The average molecular weight is 482 g/mol. The van der Waals surface area contributed by atoms with Crippen molar-refractivity contribution in [3.8, 4) is 17.6 Å². The lowest BCUT2D eigenvalue weighted by molar-refractivity contribution is -0.132. The molecule has 0 aromatic heterocycles. The Balaban J connectivity index is 1.89. The number of amides is 1. The number of hydrogen-bond acceptors (Lipinski definition) is 7. The van der Waals surface area contributed by atoms with Gasteiger partial charge in [-0.05, 0) is 72.6 Å². The molecular weight excluding hydrogens is 460 g/mol. The Morgan fingerprint density at radius 3 is 2.25 bits per heavy atom. The molecule has 1 unspecified atom stereocenters. The minimum absolute atomic E-state index is 0.0887. The van der Waals surface area contributed by atoms with Crippen LogP contribution >= 0.6 is 0 Å². The van der Waals surface area contributed by atoms with E-state index in [1.807, 2.05) is 6.07 Å². The molecule has 3 aromatic carbocycles. The third kappa shape index (κ3) is 4.42. The van der Waals surface area contributed by atoms with E-state index in [0.29, 0.717) is 33.9 Å². The van der Waals surface area contributed by atoms with Gasteiger partial charge in [-0.3, -0.25) is 19.3 Å². The molecule has 1 atom stereocenters. The smallest absolute Gasteiger partial charge is 0.308 e. The molecule has 1 aliphatic heterocycles. The van der Waals surface area contributed by atoms with Gasteiger partial charge >= 0.3 is 5.97 Å². The average Bonchev–Trinajstić information content (AvgIpc) is 3.14. The number of anilines is 1. The lowest BCUT2D eigenvalue weighted by Gasteiger charge is -2.25. The molecule has 1 saturated heterocycles. The summed E-state index contributed by atoms with van der Waals surface area (Å²) in [5, 5.41) is 20.4. The lowest BCUT2D eigenvalue weighted by Crippen LogP contribution is -2.29. The van der Waals surface area contributed by atoms with Crippen LogP contribution in [-0.2, 0) is 14.4 Å². The molecule has 1 fully saturated rings. The molecule has 0 aliphatic carbocycles. The fourth-order valence-electron chi connectivity index (χ4n) is 4.18. The Labute approximate surface area is 207 Å². The second-order valence-electron chi connectivity index (χ2n) is 8.17. The molecule has 1 heterocycles. The van der Waals surface area contributed by atoms with Gasteiger partial charge in [0.2, 0.25) is 0 Å². The maximum Gasteiger partial charge on any atom is 0.308 e. The Morgan fingerprint density at radius 2 is 1.69 bits per heavy atom. The maximum absolute atomic E-state index is 13.3. The van der Waals surface area contributed by atoms with Gasteiger partial charge in [0, 0.05) is 18.2 Å². The summed E-state index contributed by atoms with van der Waals surface area (Å²) < 4.78 is 10.4. The van der Waals surface area contributed by atoms with Crippen LogP contribution in [0.4, 0.5) is 5.69 Å². The van der Waals surface area contributed by atoms with Crippen molar-refractivity contribution in [3.05, 3.63) is 94.6 Å². The molecule has 8 heteroatoms. The topological polar surface area (TPSA) is 117 Å². The molecule has 0 radical (unpaired) electrons. The van der Waals surface area contributed by atoms with Crippen molar-refractivity contribution >= 4 is 29.1 Å². The van der Waals surface area contributed by atoms with E-state index in [9.17, 15) is 19.5 Å². The van der Waals surface area contributed by atoms with Crippen LogP contribution in [0.15, 0.2) is 72.3 Å². The van der Waals surface area contributed by atoms with Crippen LogP contribution in [0, 0.1) is 18.3 Å². The van der Waals surface area contributed by atoms with E-state index in [4.69, 9.17) is 14.7 Å². The number of methoxy groups -OCH3 is 1. The zero-order valence-corrected chi connectivity index (χ0v) is 19.8. The number of benzene rings is 3. The minimum Gasteiger partial charge on any atom is -0.507 e. The summed E-state index contributed by atoms with van der Waals surface area (Å²) in [5.74, 6) is -1.57. The normalized spacial score (nSPS) is 16.5. The standard InChI is InChI=1S/C28H22N2O6/c1-16-14-20(8-13-23(16)35-3)26(32)24-25(19-6-11-22(12-7-19)36-17(2)31)30(28(34)27(24)33)21-9-4-18(15-29)5-10-21/h4-14,25,32H,1-3H3/b26-24-. The van der Waals surface area contributed by atoms with Crippen molar-refractivity contribution in [2.24, 2.45) is 0 Å². The van der Waals surface area contributed by atoms with Crippen LogP contribution in [0.2, 0.25) is 0 Å². The van der Waals surface area contributed by atoms with Gasteiger partial charge in [0.1, 0.15) is 17.3 Å². The van der Waals surface area contributed by atoms with Gasteiger partial charge in [-0.25, -0.2) is 0 Å². The van der Waals surface area contributed by atoms with Crippen LogP contribution in [0.5, 0.6) is 11.5 Å². The molecular formula is C28H22N2O6. The number of ketones is 1. The Morgan fingerprint density at radius 1 is 1.03 bits per heavy atom. The molecule has 1 amide bonds. The third-order valence-electron chi connectivity index (χ3n) is 5.84. The second kappa shape index (κ2) is 9.76. The lowest BCUT2D eigenvalue weighted by atomic mass is 9.94. The number of carbonyl (C=O) groups is 3. The second-order valence-corrected chi connectivity index (χ2v) is 8.17. The van der Waals surface area contributed by atoms with Gasteiger partial charge in [0.25, 0.3) is 11.7 Å². The summed E-state index contributed by atoms with van der Waals surface area (Å²) >= 11 is 0. The van der Waals surface area contributed by atoms with Crippen molar-refractivity contribution in [1.29, 1.82) is 5.26 Å². The number of aryl methyl sites for hydroxylation is 1. The number of rotatable bonds is 5. The molecule has 1 aliphatic rings. The van der Waals surface area contributed by atoms with E-state index in [-0.39, 0.29) is 11.3 Å². The van der Waals surface area contributed by atoms with E-state index in [1.54, 1.807) is 73.7 Å². The highest BCUT2D eigenvalue weighted by Gasteiger charge is 2.47. The van der Waals surface area contributed by atoms with E-state index in [2.05, 4.69) is 0 Å². The summed E-state index contributed by atoms with van der Waals surface area (Å²) in [6.07, 6.45) is 0. The molecule has 8 nitrogen and oxygen atoms in total. The van der Waals surface area contributed by atoms with Crippen molar-refractivity contribution in [2.45, 2.75) is 19.9 Å². The molecule has 1 N–H and O–H groups in total. The van der Waals surface area contributed by atoms with Crippen molar-refractivity contribution in [3.63, 3.8) is 0 Å². The Bertz CT molecular complexity index is 1430. The van der Waals surface area contributed by atoms with Crippen molar-refractivity contribution in [2.75, 3.05) is 12.0 Å². The number of hydrogen-bond donors (Lipinski definition) is 1. The predicted octanol–water partition coefficient (Wildman–Crippen LogP) is 4.43. The predicted molar refractivity (Wildman–Crippen MR) is 131 cm³/mol. The number of Topliss-reactive ketones (excluding diaryl/α,β-unsaturated/α-hetero) is 1. The highest BCUT2D eigenvalue weighted by Crippen LogP contribution is 2.42. The zero-order valence-electron chi connectivity index (χ0n) is 19.8. The first kappa shape index (κ1) is 24.2. The molecule has 180 valence electrons. The van der Waals surface area contributed by atoms with Crippen molar-refractivity contribution < 1.29 is 29.0 Å². The minimum atomic E-state index is -0.966. The summed E-state index contributed by atoms with van der Waals surface area (Å²) in [6.45, 7) is 3.08. The van der Waals surface area contributed by atoms with Crippen LogP contribution in [-0.4, -0.2) is 29.9 Å². The fraction of sp³-hybridized carbons (Fsp3) is 0.143. The molecule has 0 spiro atoms. The Hall–Kier alpha value is -4.90. The van der Waals surface area contributed by atoms with Gasteiger partial charge < -0.3 is 14.6 Å². The van der Waals surface area contributed by atoms with E-state index in [0.717, 1.165) is 5.56 Å². The van der Waals surface area contributed by atoms with Crippen LogP contribution in [0.1, 0.15) is 35.2 Å². The summed E-state index contributed by atoms with van der Waals surface area (Å²) in [7, 11) is 1.53. The van der Waals surface area contributed by atoms with Crippen LogP contribution < -0.4 is 14.4 Å².